The fourth-order valence-electron chi connectivity index (χ4n) is 3.67. The average Bonchev–Trinajstić information content (AvgIpc) is 2.83. The zero-order valence-corrected chi connectivity index (χ0v) is 19.8. The Hall–Kier alpha value is -4.24. The number of halogens is 1. The first kappa shape index (κ1) is 23.9. The van der Waals surface area contributed by atoms with Crippen molar-refractivity contribution in [2.75, 3.05) is 43.1 Å². The Kier molecular flexibility index (Phi) is 7.07. The molecule has 0 aliphatic heterocycles. The summed E-state index contributed by atoms with van der Waals surface area (Å²) in [6.45, 7) is 1.57. The number of likely N-dealkylation sites (N-methyl/N-ethyl adjacent to an activating group) is 1. The second-order valence-corrected chi connectivity index (χ2v) is 8.42. The summed E-state index contributed by atoms with van der Waals surface area (Å²) in [5.74, 6) is 0.0736. The number of carbonyl (C=O) groups is 1. The Labute approximate surface area is 202 Å². The lowest BCUT2D eigenvalue weighted by Crippen LogP contribution is -2.22. The molecular weight excluding hydrogens is 447 g/mol. The fraction of sp³-hybridized carbons (Fsp3) is 0.192. The maximum Gasteiger partial charge on any atom is 0.323 e. The molecule has 4 rings (SSSR count). The summed E-state index contributed by atoms with van der Waals surface area (Å²) in [7, 11) is 5.67. The van der Waals surface area contributed by atoms with E-state index in [2.05, 4.69) is 25.8 Å². The molecule has 2 amide bonds. The fourth-order valence-corrected chi connectivity index (χ4v) is 3.67. The molecular formula is C26H27FN6O2. The molecule has 2 aromatic carbocycles. The van der Waals surface area contributed by atoms with E-state index >= 15 is 0 Å². The summed E-state index contributed by atoms with van der Waals surface area (Å²) in [6.07, 6.45) is 1.70. The lowest BCUT2D eigenvalue weighted by molar-refractivity contribution is 0.262. The summed E-state index contributed by atoms with van der Waals surface area (Å²) >= 11 is 0. The minimum Gasteiger partial charge on any atom is -0.369 e. The monoisotopic (exact) mass is 474 g/mol. The van der Waals surface area contributed by atoms with E-state index in [1.807, 2.05) is 26.2 Å². The van der Waals surface area contributed by atoms with Crippen molar-refractivity contribution in [3.8, 4) is 11.1 Å². The summed E-state index contributed by atoms with van der Waals surface area (Å²) in [6, 6.07) is 16.0. The molecule has 8 nitrogen and oxygen atoms in total. The zero-order chi connectivity index (χ0) is 24.9. The quantitative estimate of drug-likeness (QED) is 0.370. The van der Waals surface area contributed by atoms with Crippen LogP contribution in [0.1, 0.15) is 0 Å². The third-order valence-corrected chi connectivity index (χ3v) is 5.53. The lowest BCUT2D eigenvalue weighted by Gasteiger charge is -2.14. The van der Waals surface area contributed by atoms with Crippen molar-refractivity contribution in [1.29, 1.82) is 0 Å². The number of amides is 2. The molecule has 0 aliphatic carbocycles. The van der Waals surface area contributed by atoms with Gasteiger partial charge in [0.15, 0.2) is 0 Å². The van der Waals surface area contributed by atoms with Crippen molar-refractivity contribution in [2.24, 2.45) is 7.05 Å². The highest BCUT2D eigenvalue weighted by atomic mass is 19.1. The second-order valence-electron chi connectivity index (χ2n) is 8.42. The van der Waals surface area contributed by atoms with Gasteiger partial charge in [-0.2, -0.15) is 0 Å². The van der Waals surface area contributed by atoms with Crippen LogP contribution < -0.4 is 21.5 Å². The van der Waals surface area contributed by atoms with Crippen molar-refractivity contribution in [1.82, 2.24) is 14.5 Å². The number of para-hydroxylation sites is 1. The molecule has 9 heteroatoms. The molecule has 0 spiro atoms. The van der Waals surface area contributed by atoms with E-state index in [0.29, 0.717) is 22.6 Å². The molecule has 0 unspecified atom stereocenters. The molecule has 0 fully saturated rings. The van der Waals surface area contributed by atoms with Crippen molar-refractivity contribution >= 4 is 34.1 Å². The summed E-state index contributed by atoms with van der Waals surface area (Å²) in [5.41, 5.74) is 1.89. The van der Waals surface area contributed by atoms with Crippen LogP contribution in [0.25, 0.3) is 22.0 Å². The van der Waals surface area contributed by atoms with Gasteiger partial charge in [-0.05, 0) is 50.0 Å². The minimum absolute atomic E-state index is 0.0309. The predicted octanol–water partition coefficient (Wildman–Crippen LogP) is 4.36. The number of pyridine rings is 2. The smallest absolute Gasteiger partial charge is 0.323 e. The van der Waals surface area contributed by atoms with Gasteiger partial charge in [0.2, 0.25) is 0 Å². The number of benzene rings is 2. The zero-order valence-electron chi connectivity index (χ0n) is 19.8. The highest BCUT2D eigenvalue weighted by Gasteiger charge is 2.14. The first-order valence-corrected chi connectivity index (χ1v) is 11.1. The number of nitrogens with one attached hydrogen (secondary N) is 3. The van der Waals surface area contributed by atoms with Gasteiger partial charge in [-0.15, -0.1) is 0 Å². The molecule has 180 valence electrons. The van der Waals surface area contributed by atoms with Crippen molar-refractivity contribution in [3.63, 3.8) is 0 Å². The van der Waals surface area contributed by atoms with Gasteiger partial charge in [0.25, 0.3) is 5.56 Å². The first-order valence-electron chi connectivity index (χ1n) is 11.1. The maximum absolute atomic E-state index is 14.5. The normalized spacial score (nSPS) is 11.0. The number of rotatable bonds is 7. The highest BCUT2D eigenvalue weighted by molar-refractivity contribution is 6.00. The van der Waals surface area contributed by atoms with Crippen LogP contribution in [0.3, 0.4) is 0 Å². The topological polar surface area (TPSA) is 91.3 Å². The molecule has 0 bridgehead atoms. The summed E-state index contributed by atoms with van der Waals surface area (Å²) in [5, 5.41) is 9.18. The van der Waals surface area contributed by atoms with Crippen LogP contribution in [0.5, 0.6) is 0 Å². The van der Waals surface area contributed by atoms with Gasteiger partial charge in [0.05, 0.1) is 11.2 Å². The SMILES string of the molecule is CN(C)CCNc1cc2c(cn1)cc(-c1ccc(F)c(NC(=O)Nc3ccccc3)c1)c(=O)n2C. The molecule has 0 radical (unpaired) electrons. The highest BCUT2D eigenvalue weighted by Crippen LogP contribution is 2.26. The van der Waals surface area contributed by atoms with Crippen LogP contribution in [0, 0.1) is 5.82 Å². The third kappa shape index (κ3) is 5.64. The Morgan fingerprint density at radius 2 is 1.83 bits per heavy atom. The van der Waals surface area contributed by atoms with E-state index in [4.69, 9.17) is 0 Å². The number of carbonyl (C=O) groups excluding carboxylic acids is 1. The summed E-state index contributed by atoms with van der Waals surface area (Å²) in [4.78, 5) is 32.0. The van der Waals surface area contributed by atoms with Gasteiger partial charge in [0.1, 0.15) is 11.6 Å². The second kappa shape index (κ2) is 10.4. The lowest BCUT2D eigenvalue weighted by atomic mass is 10.0. The van der Waals surface area contributed by atoms with Gasteiger partial charge in [-0.3, -0.25) is 4.79 Å². The number of hydrogen-bond acceptors (Lipinski definition) is 5. The molecule has 0 saturated carbocycles. The van der Waals surface area contributed by atoms with E-state index in [1.165, 1.54) is 18.2 Å². The Bertz CT molecular complexity index is 1420. The number of fused-ring (bicyclic) bond motifs is 1. The Morgan fingerprint density at radius 1 is 1.06 bits per heavy atom. The van der Waals surface area contributed by atoms with E-state index in [0.717, 1.165) is 24.0 Å². The number of anilines is 3. The van der Waals surface area contributed by atoms with E-state index < -0.39 is 11.8 Å². The Balaban J connectivity index is 1.61. The van der Waals surface area contributed by atoms with Crippen molar-refractivity contribution in [3.05, 3.63) is 83.0 Å². The molecule has 4 aromatic rings. The van der Waals surface area contributed by atoms with Crippen LogP contribution in [0.4, 0.5) is 26.4 Å². The van der Waals surface area contributed by atoms with Crippen LogP contribution in [-0.2, 0) is 7.05 Å². The number of nitrogens with zero attached hydrogens (tertiary/aromatic N) is 3. The number of urea groups is 1. The average molecular weight is 475 g/mol. The number of aromatic nitrogens is 2. The molecule has 3 N–H and O–H groups in total. The van der Waals surface area contributed by atoms with Crippen LogP contribution in [0.15, 0.2) is 71.7 Å². The largest absolute Gasteiger partial charge is 0.369 e. The van der Waals surface area contributed by atoms with Gasteiger partial charge in [0, 0.05) is 49.0 Å². The van der Waals surface area contributed by atoms with Crippen molar-refractivity contribution in [2.45, 2.75) is 0 Å². The van der Waals surface area contributed by atoms with Gasteiger partial charge < -0.3 is 25.4 Å². The number of aryl methyl sites for hydroxylation is 1. The summed E-state index contributed by atoms with van der Waals surface area (Å²) < 4.78 is 16.0. The third-order valence-electron chi connectivity index (χ3n) is 5.53. The molecule has 2 heterocycles. The molecule has 0 saturated heterocycles. The van der Waals surface area contributed by atoms with Gasteiger partial charge >= 0.3 is 6.03 Å². The van der Waals surface area contributed by atoms with E-state index in [9.17, 15) is 14.0 Å². The van der Waals surface area contributed by atoms with E-state index in [-0.39, 0.29) is 11.2 Å². The predicted molar refractivity (Wildman–Crippen MR) is 139 cm³/mol. The maximum atomic E-state index is 14.5. The number of hydrogen-bond donors (Lipinski definition) is 3. The van der Waals surface area contributed by atoms with Gasteiger partial charge in [-0.25, -0.2) is 14.2 Å². The molecule has 35 heavy (non-hydrogen) atoms. The van der Waals surface area contributed by atoms with Gasteiger partial charge in [-0.1, -0.05) is 24.3 Å². The Morgan fingerprint density at radius 3 is 2.57 bits per heavy atom. The molecule has 0 atom stereocenters. The van der Waals surface area contributed by atoms with E-state index in [1.54, 1.807) is 48.1 Å². The minimum atomic E-state index is -0.607. The van der Waals surface area contributed by atoms with Crippen LogP contribution in [-0.4, -0.2) is 47.7 Å². The standard InChI is InChI=1S/C26H27FN6O2/c1-32(2)12-11-28-24-15-23-18(16-29-24)13-20(25(34)33(23)3)17-9-10-21(27)22(14-17)31-26(35)30-19-7-5-4-6-8-19/h4-10,13-16H,11-12H2,1-3H3,(H,28,29)(H2,30,31,35). The first-order chi connectivity index (χ1) is 16.8. The van der Waals surface area contributed by atoms with Crippen LogP contribution >= 0.6 is 0 Å². The van der Waals surface area contributed by atoms with Crippen molar-refractivity contribution < 1.29 is 9.18 Å². The molecule has 0 aliphatic rings. The van der Waals surface area contributed by atoms with Crippen LogP contribution in [0.2, 0.25) is 0 Å². The molecule has 2 aromatic heterocycles.